The number of aromatic amines is 1. The predicted molar refractivity (Wildman–Crippen MR) is 89.6 cm³/mol. The molecular weight excluding hydrogens is 272 g/mol. The van der Waals surface area contributed by atoms with Crippen molar-refractivity contribution in [1.29, 1.82) is 0 Å². The van der Waals surface area contributed by atoms with E-state index in [0.717, 1.165) is 18.7 Å². The Labute approximate surface area is 130 Å². The standard InChI is InChI=1S/C19H20N2O/c1-12-3-8-15-16-9-10-20-18(19(16)21-17(15)11-12)13-4-6-14(22-2)7-5-13/h3-8,11,18,20-21H,9-10H2,1-2H3. The minimum absolute atomic E-state index is 0.224. The Morgan fingerprint density at radius 3 is 2.68 bits per heavy atom. The lowest BCUT2D eigenvalue weighted by molar-refractivity contribution is 0.414. The van der Waals surface area contributed by atoms with E-state index in [9.17, 15) is 0 Å². The maximum Gasteiger partial charge on any atom is 0.118 e. The summed E-state index contributed by atoms with van der Waals surface area (Å²) in [4.78, 5) is 3.64. The first-order valence-electron chi connectivity index (χ1n) is 7.74. The van der Waals surface area contributed by atoms with E-state index in [4.69, 9.17) is 4.74 Å². The molecule has 1 aliphatic rings. The van der Waals surface area contributed by atoms with E-state index in [2.05, 4.69) is 47.6 Å². The van der Waals surface area contributed by atoms with Crippen molar-refractivity contribution in [2.24, 2.45) is 0 Å². The zero-order valence-corrected chi connectivity index (χ0v) is 12.9. The smallest absolute Gasteiger partial charge is 0.118 e. The lowest BCUT2D eigenvalue weighted by atomic mass is 9.94. The van der Waals surface area contributed by atoms with Gasteiger partial charge in [-0.15, -0.1) is 0 Å². The van der Waals surface area contributed by atoms with Crippen LogP contribution < -0.4 is 10.1 Å². The maximum atomic E-state index is 5.26. The Bertz CT molecular complexity index is 817. The Balaban J connectivity index is 1.82. The molecule has 0 radical (unpaired) electrons. The first-order chi connectivity index (χ1) is 10.8. The molecule has 22 heavy (non-hydrogen) atoms. The van der Waals surface area contributed by atoms with Gasteiger partial charge in [0.2, 0.25) is 0 Å². The second kappa shape index (κ2) is 5.18. The fourth-order valence-electron chi connectivity index (χ4n) is 3.43. The number of H-pyrrole nitrogens is 1. The summed E-state index contributed by atoms with van der Waals surface area (Å²) < 4.78 is 5.26. The highest BCUT2D eigenvalue weighted by atomic mass is 16.5. The Kier molecular flexibility index (Phi) is 3.16. The molecule has 0 spiro atoms. The Morgan fingerprint density at radius 1 is 1.09 bits per heavy atom. The van der Waals surface area contributed by atoms with E-state index in [1.165, 1.54) is 33.3 Å². The predicted octanol–water partition coefficient (Wildman–Crippen LogP) is 3.72. The number of aryl methyl sites for hydroxylation is 1. The second-order valence-electron chi connectivity index (χ2n) is 5.98. The molecular formula is C19H20N2O. The second-order valence-corrected chi connectivity index (χ2v) is 5.98. The van der Waals surface area contributed by atoms with Gasteiger partial charge in [-0.1, -0.05) is 24.3 Å². The lowest BCUT2D eigenvalue weighted by Gasteiger charge is -2.25. The summed E-state index contributed by atoms with van der Waals surface area (Å²) in [5.41, 5.74) is 6.56. The average Bonchev–Trinajstić information content (AvgIpc) is 2.92. The first kappa shape index (κ1) is 13.4. The van der Waals surface area contributed by atoms with E-state index in [-0.39, 0.29) is 6.04 Å². The number of benzene rings is 2. The van der Waals surface area contributed by atoms with Gasteiger partial charge in [-0.05, 0) is 48.2 Å². The molecule has 2 heterocycles. The number of methoxy groups -OCH3 is 1. The number of rotatable bonds is 2. The van der Waals surface area contributed by atoms with Gasteiger partial charge in [0, 0.05) is 23.1 Å². The Morgan fingerprint density at radius 2 is 1.91 bits per heavy atom. The number of ether oxygens (including phenoxy) is 1. The zero-order chi connectivity index (χ0) is 15.1. The normalized spacial score (nSPS) is 17.5. The summed E-state index contributed by atoms with van der Waals surface area (Å²) in [5.74, 6) is 0.895. The number of fused-ring (bicyclic) bond motifs is 3. The van der Waals surface area contributed by atoms with E-state index in [1.54, 1.807) is 7.11 Å². The summed E-state index contributed by atoms with van der Waals surface area (Å²) in [5, 5.41) is 4.99. The van der Waals surface area contributed by atoms with Gasteiger partial charge < -0.3 is 15.0 Å². The van der Waals surface area contributed by atoms with Crippen molar-refractivity contribution < 1.29 is 4.74 Å². The lowest BCUT2D eigenvalue weighted by Crippen LogP contribution is -2.30. The van der Waals surface area contributed by atoms with Crippen molar-refractivity contribution in [3.05, 3.63) is 64.8 Å². The van der Waals surface area contributed by atoms with Crippen molar-refractivity contribution in [3.63, 3.8) is 0 Å². The summed E-state index contributed by atoms with van der Waals surface area (Å²) in [6.45, 7) is 3.14. The molecule has 0 bridgehead atoms. The third-order valence-corrected chi connectivity index (χ3v) is 4.56. The molecule has 1 atom stereocenters. The van der Waals surface area contributed by atoms with Crippen LogP contribution in [0, 0.1) is 6.92 Å². The molecule has 3 heteroatoms. The van der Waals surface area contributed by atoms with Crippen molar-refractivity contribution >= 4 is 10.9 Å². The van der Waals surface area contributed by atoms with Gasteiger partial charge >= 0.3 is 0 Å². The highest BCUT2D eigenvalue weighted by Gasteiger charge is 2.25. The molecule has 1 aliphatic heterocycles. The van der Waals surface area contributed by atoms with Crippen LogP contribution >= 0.6 is 0 Å². The molecule has 3 nitrogen and oxygen atoms in total. The van der Waals surface area contributed by atoms with E-state index in [1.807, 2.05) is 12.1 Å². The molecule has 1 unspecified atom stereocenters. The molecule has 0 amide bonds. The number of aromatic nitrogens is 1. The molecule has 112 valence electrons. The monoisotopic (exact) mass is 292 g/mol. The number of nitrogens with one attached hydrogen (secondary N) is 2. The average molecular weight is 292 g/mol. The van der Waals surface area contributed by atoms with Gasteiger partial charge in [0.05, 0.1) is 13.2 Å². The van der Waals surface area contributed by atoms with Gasteiger partial charge in [-0.2, -0.15) is 0 Å². The van der Waals surface area contributed by atoms with Crippen molar-refractivity contribution in [2.45, 2.75) is 19.4 Å². The van der Waals surface area contributed by atoms with Crippen LogP contribution in [-0.2, 0) is 6.42 Å². The van der Waals surface area contributed by atoms with Crippen LogP contribution in [0.15, 0.2) is 42.5 Å². The van der Waals surface area contributed by atoms with Gasteiger partial charge in [-0.25, -0.2) is 0 Å². The van der Waals surface area contributed by atoms with Crippen molar-refractivity contribution in [2.75, 3.05) is 13.7 Å². The van der Waals surface area contributed by atoms with Crippen LogP contribution in [0.2, 0.25) is 0 Å². The fraction of sp³-hybridized carbons (Fsp3) is 0.263. The van der Waals surface area contributed by atoms with Gasteiger partial charge in [0.15, 0.2) is 0 Å². The quantitative estimate of drug-likeness (QED) is 0.755. The number of hydrogen-bond acceptors (Lipinski definition) is 2. The molecule has 1 aromatic heterocycles. The van der Waals surface area contributed by atoms with E-state index >= 15 is 0 Å². The molecule has 2 aromatic carbocycles. The highest BCUT2D eigenvalue weighted by Crippen LogP contribution is 2.34. The molecule has 0 fully saturated rings. The van der Waals surface area contributed by atoms with Crippen molar-refractivity contribution in [3.8, 4) is 5.75 Å². The van der Waals surface area contributed by atoms with Crippen molar-refractivity contribution in [1.82, 2.24) is 10.3 Å². The topological polar surface area (TPSA) is 37.0 Å². The van der Waals surface area contributed by atoms with Crippen LogP contribution in [0.3, 0.4) is 0 Å². The summed E-state index contributed by atoms with van der Waals surface area (Å²) in [6, 6.07) is 15.2. The van der Waals surface area contributed by atoms with Crippen LogP contribution in [-0.4, -0.2) is 18.6 Å². The largest absolute Gasteiger partial charge is 0.497 e. The molecule has 3 aromatic rings. The Hall–Kier alpha value is -2.26. The van der Waals surface area contributed by atoms with Crippen LogP contribution in [0.5, 0.6) is 5.75 Å². The third kappa shape index (κ3) is 2.09. The summed E-state index contributed by atoms with van der Waals surface area (Å²) in [6.07, 6.45) is 1.07. The molecule has 2 N–H and O–H groups in total. The van der Waals surface area contributed by atoms with E-state index < -0.39 is 0 Å². The minimum Gasteiger partial charge on any atom is -0.497 e. The van der Waals surface area contributed by atoms with Crippen LogP contribution in [0.4, 0.5) is 0 Å². The molecule has 0 saturated carbocycles. The van der Waals surface area contributed by atoms with Gasteiger partial charge in [0.25, 0.3) is 0 Å². The summed E-state index contributed by atoms with van der Waals surface area (Å²) in [7, 11) is 1.70. The zero-order valence-electron chi connectivity index (χ0n) is 12.9. The highest BCUT2D eigenvalue weighted by molar-refractivity contribution is 5.86. The number of hydrogen-bond donors (Lipinski definition) is 2. The molecule has 0 saturated heterocycles. The van der Waals surface area contributed by atoms with E-state index in [0.29, 0.717) is 0 Å². The SMILES string of the molecule is COc1ccc(C2NCCc3c2[nH]c2cc(C)ccc32)cc1. The van der Waals surface area contributed by atoms with Gasteiger partial charge in [0.1, 0.15) is 5.75 Å². The third-order valence-electron chi connectivity index (χ3n) is 4.56. The molecule has 4 rings (SSSR count). The van der Waals surface area contributed by atoms with Crippen LogP contribution in [0.25, 0.3) is 10.9 Å². The van der Waals surface area contributed by atoms with Crippen LogP contribution in [0.1, 0.15) is 28.4 Å². The fourth-order valence-corrected chi connectivity index (χ4v) is 3.43. The minimum atomic E-state index is 0.224. The maximum absolute atomic E-state index is 5.26. The van der Waals surface area contributed by atoms with Gasteiger partial charge in [-0.3, -0.25) is 0 Å². The summed E-state index contributed by atoms with van der Waals surface area (Å²) >= 11 is 0. The first-order valence-corrected chi connectivity index (χ1v) is 7.74. The molecule has 0 aliphatic carbocycles.